The number of halogens is 1. The largest absolute Gasteiger partial charge is 0.492 e. The third kappa shape index (κ3) is 4.64. The van der Waals surface area contributed by atoms with Crippen LogP contribution in [0.3, 0.4) is 0 Å². The van der Waals surface area contributed by atoms with Gasteiger partial charge >= 0.3 is 0 Å². The zero-order valence-electron chi connectivity index (χ0n) is 15.1. The molecule has 0 atom stereocenters. The minimum atomic E-state index is -0.110. The molecule has 3 rings (SSSR count). The maximum Gasteiger partial charge on any atom is 0.272 e. The van der Waals surface area contributed by atoms with Gasteiger partial charge in [-0.3, -0.25) is 9.36 Å². The lowest BCUT2D eigenvalue weighted by molar-refractivity contribution is 0.0765. The standard InChI is InChI=1S/C20H20ClN3O2S/c1-23(11-12-26-17-10-6-7-15(21)13-17)19(25)18-14-22-20(27-2)24(18)16-8-4-3-5-9-16/h3-10,13-14H,11-12H2,1-2H3. The first-order valence-electron chi connectivity index (χ1n) is 8.41. The fourth-order valence-corrected chi connectivity index (χ4v) is 3.34. The van der Waals surface area contributed by atoms with Crippen LogP contribution in [0.4, 0.5) is 0 Å². The number of benzene rings is 2. The summed E-state index contributed by atoms with van der Waals surface area (Å²) in [4.78, 5) is 19.0. The van der Waals surface area contributed by atoms with E-state index in [-0.39, 0.29) is 5.91 Å². The number of amides is 1. The minimum absolute atomic E-state index is 0.110. The number of rotatable bonds is 7. The van der Waals surface area contributed by atoms with Crippen LogP contribution in [0.2, 0.25) is 5.02 Å². The number of hydrogen-bond acceptors (Lipinski definition) is 4. The molecular formula is C20H20ClN3O2S. The number of carbonyl (C=O) groups excluding carboxylic acids is 1. The number of ether oxygens (including phenoxy) is 1. The molecule has 0 saturated heterocycles. The Kier molecular flexibility index (Phi) is 6.42. The maximum absolute atomic E-state index is 12.9. The highest BCUT2D eigenvalue weighted by atomic mass is 35.5. The number of aromatic nitrogens is 2. The Balaban J connectivity index is 1.71. The van der Waals surface area contributed by atoms with Crippen LogP contribution < -0.4 is 4.74 Å². The average molecular weight is 402 g/mol. The average Bonchev–Trinajstić information content (AvgIpc) is 3.12. The van der Waals surface area contributed by atoms with Crippen molar-refractivity contribution in [2.24, 2.45) is 0 Å². The molecule has 1 aromatic heterocycles. The molecule has 0 aliphatic carbocycles. The molecule has 0 unspecified atom stereocenters. The Morgan fingerprint density at radius 2 is 2.00 bits per heavy atom. The molecule has 0 saturated carbocycles. The van der Waals surface area contributed by atoms with Gasteiger partial charge in [0.1, 0.15) is 18.1 Å². The molecule has 3 aromatic rings. The Morgan fingerprint density at radius 3 is 2.70 bits per heavy atom. The van der Waals surface area contributed by atoms with Gasteiger partial charge in [-0.05, 0) is 36.6 Å². The van der Waals surface area contributed by atoms with Gasteiger partial charge in [-0.2, -0.15) is 0 Å². The highest BCUT2D eigenvalue weighted by Crippen LogP contribution is 2.22. The zero-order chi connectivity index (χ0) is 19.2. The summed E-state index contributed by atoms with van der Waals surface area (Å²) >= 11 is 7.45. The predicted octanol–water partition coefficient (Wildman–Crippen LogP) is 4.40. The highest BCUT2D eigenvalue weighted by Gasteiger charge is 2.20. The molecule has 0 fully saturated rings. The van der Waals surface area contributed by atoms with Gasteiger partial charge in [0.05, 0.1) is 12.7 Å². The SMILES string of the molecule is CSc1ncc(C(=O)N(C)CCOc2cccc(Cl)c2)n1-c1ccccc1. The summed E-state index contributed by atoms with van der Waals surface area (Å²) in [5, 5.41) is 1.39. The summed E-state index contributed by atoms with van der Waals surface area (Å²) in [6.45, 7) is 0.817. The van der Waals surface area contributed by atoms with E-state index in [2.05, 4.69) is 4.98 Å². The normalized spacial score (nSPS) is 10.6. The van der Waals surface area contributed by atoms with Crippen LogP contribution in [0.25, 0.3) is 5.69 Å². The number of nitrogens with zero attached hydrogens (tertiary/aromatic N) is 3. The van der Waals surface area contributed by atoms with Crippen LogP contribution in [0.15, 0.2) is 66.0 Å². The Morgan fingerprint density at radius 1 is 1.22 bits per heavy atom. The minimum Gasteiger partial charge on any atom is -0.492 e. The first-order chi connectivity index (χ1) is 13.1. The van der Waals surface area contributed by atoms with E-state index in [1.165, 1.54) is 11.8 Å². The molecule has 0 spiro atoms. The first kappa shape index (κ1) is 19.3. The number of hydrogen-bond donors (Lipinski definition) is 0. The Hall–Kier alpha value is -2.44. The van der Waals surface area contributed by atoms with Crippen molar-refractivity contribution in [2.75, 3.05) is 26.5 Å². The molecule has 0 N–H and O–H groups in total. The van der Waals surface area contributed by atoms with Crippen LogP contribution in [-0.2, 0) is 0 Å². The van der Waals surface area contributed by atoms with Gasteiger partial charge in [0.2, 0.25) is 0 Å². The van der Waals surface area contributed by atoms with Crippen LogP contribution in [0.1, 0.15) is 10.5 Å². The molecule has 7 heteroatoms. The second-order valence-electron chi connectivity index (χ2n) is 5.83. The van der Waals surface area contributed by atoms with Crippen LogP contribution >= 0.6 is 23.4 Å². The molecule has 140 valence electrons. The van der Waals surface area contributed by atoms with Crippen molar-refractivity contribution in [2.45, 2.75) is 5.16 Å². The molecular weight excluding hydrogens is 382 g/mol. The predicted molar refractivity (Wildman–Crippen MR) is 109 cm³/mol. The molecule has 5 nitrogen and oxygen atoms in total. The van der Waals surface area contributed by atoms with E-state index in [1.54, 1.807) is 30.3 Å². The smallest absolute Gasteiger partial charge is 0.272 e. The van der Waals surface area contributed by atoms with Crippen molar-refractivity contribution in [3.8, 4) is 11.4 Å². The topological polar surface area (TPSA) is 47.4 Å². The van der Waals surface area contributed by atoms with Gasteiger partial charge in [-0.25, -0.2) is 4.98 Å². The molecule has 2 aromatic carbocycles. The van der Waals surface area contributed by atoms with Crippen molar-refractivity contribution in [3.05, 3.63) is 71.5 Å². The third-order valence-electron chi connectivity index (χ3n) is 3.98. The molecule has 0 aliphatic heterocycles. The summed E-state index contributed by atoms with van der Waals surface area (Å²) in [5.74, 6) is 0.573. The Labute approximate surface area is 167 Å². The summed E-state index contributed by atoms with van der Waals surface area (Å²) in [7, 11) is 1.75. The van der Waals surface area contributed by atoms with Gasteiger partial charge in [0.15, 0.2) is 5.16 Å². The second-order valence-corrected chi connectivity index (χ2v) is 7.04. The van der Waals surface area contributed by atoms with Gasteiger partial charge < -0.3 is 9.64 Å². The van der Waals surface area contributed by atoms with E-state index in [0.29, 0.717) is 29.6 Å². The van der Waals surface area contributed by atoms with Crippen LogP contribution in [0, 0.1) is 0 Å². The number of imidazole rings is 1. The van der Waals surface area contributed by atoms with E-state index >= 15 is 0 Å². The van der Waals surface area contributed by atoms with Gasteiger partial charge in [0, 0.05) is 17.8 Å². The van der Waals surface area contributed by atoms with E-state index < -0.39 is 0 Å². The quantitative estimate of drug-likeness (QED) is 0.550. The van der Waals surface area contributed by atoms with Crippen LogP contribution in [0.5, 0.6) is 5.75 Å². The highest BCUT2D eigenvalue weighted by molar-refractivity contribution is 7.98. The molecule has 1 amide bonds. The van der Waals surface area contributed by atoms with Gasteiger partial charge in [-0.15, -0.1) is 0 Å². The number of thioether (sulfide) groups is 1. The van der Waals surface area contributed by atoms with Crippen molar-refractivity contribution >= 4 is 29.3 Å². The lowest BCUT2D eigenvalue weighted by Gasteiger charge is -2.19. The lowest BCUT2D eigenvalue weighted by atomic mass is 10.3. The fourth-order valence-electron chi connectivity index (χ4n) is 2.61. The van der Waals surface area contributed by atoms with E-state index in [9.17, 15) is 4.79 Å². The Bertz CT molecular complexity index is 915. The first-order valence-corrected chi connectivity index (χ1v) is 10.0. The molecule has 0 radical (unpaired) electrons. The number of carbonyl (C=O) groups is 1. The summed E-state index contributed by atoms with van der Waals surface area (Å²) in [5.41, 5.74) is 1.43. The zero-order valence-corrected chi connectivity index (χ0v) is 16.7. The third-order valence-corrected chi connectivity index (χ3v) is 4.87. The monoisotopic (exact) mass is 401 g/mol. The van der Waals surface area contributed by atoms with Crippen molar-refractivity contribution in [1.82, 2.24) is 14.5 Å². The molecule has 0 aliphatic rings. The molecule has 1 heterocycles. The van der Waals surface area contributed by atoms with Crippen molar-refractivity contribution in [3.63, 3.8) is 0 Å². The van der Waals surface area contributed by atoms with Gasteiger partial charge in [-0.1, -0.05) is 47.6 Å². The summed E-state index contributed by atoms with van der Waals surface area (Å²) in [6.07, 6.45) is 3.56. The summed E-state index contributed by atoms with van der Waals surface area (Å²) < 4.78 is 7.56. The van der Waals surface area contributed by atoms with Crippen LogP contribution in [-0.4, -0.2) is 46.8 Å². The fraction of sp³-hybridized carbons (Fsp3) is 0.200. The number of likely N-dealkylation sites (N-methyl/N-ethyl adjacent to an activating group) is 1. The maximum atomic E-state index is 12.9. The van der Waals surface area contributed by atoms with E-state index in [1.807, 2.05) is 53.3 Å². The lowest BCUT2D eigenvalue weighted by Crippen LogP contribution is -2.32. The molecule has 0 bridgehead atoms. The number of para-hydroxylation sites is 1. The van der Waals surface area contributed by atoms with Gasteiger partial charge in [0.25, 0.3) is 5.91 Å². The van der Waals surface area contributed by atoms with E-state index in [4.69, 9.17) is 16.3 Å². The summed E-state index contributed by atoms with van der Waals surface area (Å²) in [6, 6.07) is 16.9. The van der Waals surface area contributed by atoms with Crippen molar-refractivity contribution in [1.29, 1.82) is 0 Å². The molecule has 27 heavy (non-hydrogen) atoms. The van der Waals surface area contributed by atoms with E-state index in [0.717, 1.165) is 10.8 Å². The van der Waals surface area contributed by atoms with Crippen molar-refractivity contribution < 1.29 is 9.53 Å². The second kappa shape index (κ2) is 8.97.